The highest BCUT2D eigenvalue weighted by atomic mass is 16.5. The molecule has 1 aromatic rings. The highest BCUT2D eigenvalue weighted by molar-refractivity contribution is 5.79. The van der Waals surface area contributed by atoms with Gasteiger partial charge in [-0.3, -0.25) is 4.90 Å². The molecule has 146 valence electrons. The number of nitrogens with one attached hydrogen (secondary N) is 2. The van der Waals surface area contributed by atoms with Gasteiger partial charge in [-0.1, -0.05) is 13.8 Å². The SMILES string of the molecule is CCNC(=NCc1nnc2n1CCC2)NCC(C(C)C)N1CCOCC1. The Bertz CT molecular complexity index is 592. The summed E-state index contributed by atoms with van der Waals surface area (Å²) >= 11 is 0. The molecule has 1 atom stereocenters. The molecule has 8 heteroatoms. The van der Waals surface area contributed by atoms with Crippen LogP contribution in [0.25, 0.3) is 0 Å². The van der Waals surface area contributed by atoms with E-state index in [-0.39, 0.29) is 0 Å². The lowest BCUT2D eigenvalue weighted by atomic mass is 10.0. The third-order valence-corrected chi connectivity index (χ3v) is 5.17. The van der Waals surface area contributed by atoms with E-state index in [2.05, 4.69) is 51.1 Å². The van der Waals surface area contributed by atoms with Gasteiger partial charge in [-0.2, -0.15) is 0 Å². The maximum Gasteiger partial charge on any atom is 0.191 e. The van der Waals surface area contributed by atoms with E-state index in [1.807, 2.05) is 0 Å². The van der Waals surface area contributed by atoms with E-state index in [9.17, 15) is 0 Å². The molecule has 3 rings (SSSR count). The lowest BCUT2D eigenvalue weighted by Crippen LogP contribution is -2.52. The Kier molecular flexibility index (Phi) is 6.85. The van der Waals surface area contributed by atoms with Crippen molar-refractivity contribution < 1.29 is 4.74 Å². The fraction of sp³-hybridized carbons (Fsp3) is 0.833. The summed E-state index contributed by atoms with van der Waals surface area (Å²) in [5.74, 6) is 3.48. The molecular weight excluding hydrogens is 330 g/mol. The van der Waals surface area contributed by atoms with Gasteiger partial charge >= 0.3 is 0 Å². The van der Waals surface area contributed by atoms with Gasteiger partial charge in [-0.05, 0) is 19.3 Å². The predicted octanol–water partition coefficient (Wildman–Crippen LogP) is 0.636. The largest absolute Gasteiger partial charge is 0.379 e. The second-order valence-electron chi connectivity index (χ2n) is 7.32. The van der Waals surface area contributed by atoms with Gasteiger partial charge in [0.1, 0.15) is 12.4 Å². The average molecular weight is 364 g/mol. The monoisotopic (exact) mass is 363 g/mol. The molecule has 2 aliphatic rings. The van der Waals surface area contributed by atoms with Gasteiger partial charge in [-0.25, -0.2) is 4.99 Å². The number of ether oxygens (including phenoxy) is 1. The van der Waals surface area contributed by atoms with E-state index in [1.165, 1.54) is 0 Å². The molecule has 0 amide bonds. The van der Waals surface area contributed by atoms with E-state index in [1.54, 1.807) is 0 Å². The van der Waals surface area contributed by atoms with Crippen molar-refractivity contribution in [3.8, 4) is 0 Å². The van der Waals surface area contributed by atoms with Gasteiger partial charge in [0, 0.05) is 45.2 Å². The maximum absolute atomic E-state index is 5.50. The van der Waals surface area contributed by atoms with Crippen LogP contribution in [-0.4, -0.2) is 71.1 Å². The van der Waals surface area contributed by atoms with Crippen molar-refractivity contribution in [3.05, 3.63) is 11.6 Å². The molecule has 8 nitrogen and oxygen atoms in total. The van der Waals surface area contributed by atoms with Crippen LogP contribution in [0.2, 0.25) is 0 Å². The number of aromatic nitrogens is 3. The van der Waals surface area contributed by atoms with Crippen LogP contribution in [0.4, 0.5) is 0 Å². The van der Waals surface area contributed by atoms with Gasteiger partial charge < -0.3 is 19.9 Å². The Hall–Kier alpha value is -1.67. The molecule has 1 saturated heterocycles. The zero-order chi connectivity index (χ0) is 18.4. The van der Waals surface area contributed by atoms with E-state index in [0.717, 1.165) is 76.4 Å². The van der Waals surface area contributed by atoms with Gasteiger partial charge in [0.2, 0.25) is 0 Å². The van der Waals surface area contributed by atoms with E-state index in [4.69, 9.17) is 9.73 Å². The Morgan fingerprint density at radius 3 is 2.73 bits per heavy atom. The van der Waals surface area contributed by atoms with Crippen molar-refractivity contribution >= 4 is 5.96 Å². The highest BCUT2D eigenvalue weighted by Crippen LogP contribution is 2.15. The zero-order valence-corrected chi connectivity index (χ0v) is 16.4. The number of aliphatic imine (C=N–C) groups is 1. The van der Waals surface area contributed by atoms with E-state index in [0.29, 0.717) is 18.5 Å². The molecule has 0 saturated carbocycles. The van der Waals surface area contributed by atoms with Crippen LogP contribution in [0.1, 0.15) is 38.8 Å². The maximum atomic E-state index is 5.50. The summed E-state index contributed by atoms with van der Waals surface area (Å²) in [5, 5.41) is 15.4. The molecule has 2 N–H and O–H groups in total. The summed E-state index contributed by atoms with van der Waals surface area (Å²) in [4.78, 5) is 7.26. The lowest BCUT2D eigenvalue weighted by Gasteiger charge is -2.37. The number of hydrogen-bond donors (Lipinski definition) is 2. The van der Waals surface area contributed by atoms with Crippen LogP contribution in [0, 0.1) is 5.92 Å². The minimum Gasteiger partial charge on any atom is -0.379 e. The molecule has 0 spiro atoms. The smallest absolute Gasteiger partial charge is 0.191 e. The number of morpholine rings is 1. The Balaban J connectivity index is 1.59. The van der Waals surface area contributed by atoms with Gasteiger partial charge in [-0.15, -0.1) is 10.2 Å². The van der Waals surface area contributed by atoms with Crippen molar-refractivity contribution in [3.63, 3.8) is 0 Å². The lowest BCUT2D eigenvalue weighted by molar-refractivity contribution is 0.00752. The third-order valence-electron chi connectivity index (χ3n) is 5.17. The molecule has 2 aliphatic heterocycles. The summed E-state index contributed by atoms with van der Waals surface area (Å²) < 4.78 is 7.70. The number of aryl methyl sites for hydroxylation is 1. The molecule has 0 radical (unpaired) electrons. The minimum absolute atomic E-state index is 0.472. The normalized spacial score (nSPS) is 19.6. The van der Waals surface area contributed by atoms with Crippen LogP contribution in [0.3, 0.4) is 0 Å². The first-order valence-electron chi connectivity index (χ1n) is 9.94. The second kappa shape index (κ2) is 9.32. The first-order valence-corrected chi connectivity index (χ1v) is 9.94. The summed E-state index contributed by atoms with van der Waals surface area (Å²) in [6, 6.07) is 0.472. The fourth-order valence-corrected chi connectivity index (χ4v) is 3.72. The zero-order valence-electron chi connectivity index (χ0n) is 16.4. The molecule has 1 unspecified atom stereocenters. The first kappa shape index (κ1) is 19.1. The van der Waals surface area contributed by atoms with Crippen molar-refractivity contribution in [1.29, 1.82) is 0 Å². The number of guanidine groups is 1. The average Bonchev–Trinajstić information content (AvgIpc) is 3.24. The van der Waals surface area contributed by atoms with Crippen LogP contribution < -0.4 is 10.6 Å². The number of fused-ring (bicyclic) bond motifs is 1. The van der Waals surface area contributed by atoms with E-state index < -0.39 is 0 Å². The molecule has 3 heterocycles. The quantitative estimate of drug-likeness (QED) is 0.547. The number of rotatable bonds is 7. The summed E-state index contributed by atoms with van der Waals surface area (Å²) in [6.07, 6.45) is 2.19. The Morgan fingerprint density at radius 1 is 1.19 bits per heavy atom. The van der Waals surface area contributed by atoms with Crippen LogP contribution in [0.5, 0.6) is 0 Å². The standard InChI is InChI=1S/C18H33N7O/c1-4-19-18(21-13-17-23-22-16-6-5-7-25(16)17)20-12-15(14(2)3)24-8-10-26-11-9-24/h14-15H,4-13H2,1-3H3,(H2,19,20,21). The molecule has 0 bridgehead atoms. The number of hydrogen-bond acceptors (Lipinski definition) is 5. The molecule has 0 aliphatic carbocycles. The highest BCUT2D eigenvalue weighted by Gasteiger charge is 2.24. The Morgan fingerprint density at radius 2 is 2.00 bits per heavy atom. The van der Waals surface area contributed by atoms with Crippen LogP contribution in [0.15, 0.2) is 4.99 Å². The molecule has 1 fully saturated rings. The minimum atomic E-state index is 0.472. The summed E-state index contributed by atoms with van der Waals surface area (Å²) in [7, 11) is 0. The van der Waals surface area contributed by atoms with Crippen molar-refractivity contribution in [1.82, 2.24) is 30.3 Å². The van der Waals surface area contributed by atoms with E-state index >= 15 is 0 Å². The second-order valence-corrected chi connectivity index (χ2v) is 7.32. The van der Waals surface area contributed by atoms with Crippen molar-refractivity contribution in [2.45, 2.75) is 52.7 Å². The first-order chi connectivity index (χ1) is 12.7. The van der Waals surface area contributed by atoms with Gasteiger partial charge in [0.15, 0.2) is 11.8 Å². The van der Waals surface area contributed by atoms with Crippen LogP contribution in [-0.2, 0) is 24.2 Å². The predicted molar refractivity (Wildman–Crippen MR) is 102 cm³/mol. The summed E-state index contributed by atoms with van der Waals surface area (Å²) in [5.41, 5.74) is 0. The molecule has 0 aromatic carbocycles. The van der Waals surface area contributed by atoms with Gasteiger partial charge in [0.25, 0.3) is 0 Å². The fourth-order valence-electron chi connectivity index (χ4n) is 3.72. The topological polar surface area (TPSA) is 79.6 Å². The molecular formula is C18H33N7O. The summed E-state index contributed by atoms with van der Waals surface area (Å²) in [6.45, 7) is 13.6. The number of nitrogens with zero attached hydrogens (tertiary/aromatic N) is 5. The molecule has 1 aromatic heterocycles. The van der Waals surface area contributed by atoms with Crippen LogP contribution >= 0.6 is 0 Å². The van der Waals surface area contributed by atoms with Gasteiger partial charge in [0.05, 0.1) is 13.2 Å². The third kappa shape index (κ3) is 4.73. The van der Waals surface area contributed by atoms with Crippen molar-refractivity contribution in [2.75, 3.05) is 39.4 Å². The Labute approximate surface area is 156 Å². The molecule has 26 heavy (non-hydrogen) atoms. The van der Waals surface area contributed by atoms with Crippen molar-refractivity contribution in [2.24, 2.45) is 10.9 Å².